The third kappa shape index (κ3) is 3.35. The fraction of sp³-hybridized carbons (Fsp3) is 0.300. The van der Waals surface area contributed by atoms with Gasteiger partial charge >= 0.3 is 0 Å². The molecule has 0 unspecified atom stereocenters. The molecule has 0 bridgehead atoms. The monoisotopic (exact) mass is 381 g/mol. The number of aryl methyl sites for hydroxylation is 1. The lowest BCUT2D eigenvalue weighted by Gasteiger charge is -2.27. The van der Waals surface area contributed by atoms with Crippen molar-refractivity contribution in [2.45, 2.75) is 30.9 Å². The Bertz CT molecular complexity index is 964. The van der Waals surface area contributed by atoms with Crippen LogP contribution in [0.5, 0.6) is 0 Å². The molecule has 3 aromatic rings. The van der Waals surface area contributed by atoms with E-state index in [-0.39, 0.29) is 11.8 Å². The van der Waals surface area contributed by atoms with E-state index in [0.717, 1.165) is 30.0 Å². The van der Waals surface area contributed by atoms with Crippen LogP contribution < -0.4 is 0 Å². The lowest BCUT2D eigenvalue weighted by atomic mass is 9.94. The smallest absolute Gasteiger partial charge is 0.276 e. The van der Waals surface area contributed by atoms with Crippen molar-refractivity contribution in [1.82, 2.24) is 15.1 Å². The highest BCUT2D eigenvalue weighted by atomic mass is 32.2. The van der Waals surface area contributed by atoms with Crippen molar-refractivity contribution < 1.29 is 14.0 Å². The molecule has 0 aliphatic carbocycles. The number of thioether (sulfide) groups is 1. The second-order valence-corrected chi connectivity index (χ2v) is 7.21. The third-order valence-corrected chi connectivity index (χ3v) is 5.27. The zero-order chi connectivity index (χ0) is 18.8. The van der Waals surface area contributed by atoms with Gasteiger partial charge in [0.25, 0.3) is 17.0 Å². The number of unbranched alkanes of at least 4 members (excludes halogenated alkanes) is 2. The van der Waals surface area contributed by atoms with Crippen LogP contribution in [0, 0.1) is 0 Å². The van der Waals surface area contributed by atoms with Crippen LogP contribution in [-0.4, -0.2) is 39.7 Å². The quantitative estimate of drug-likeness (QED) is 0.350. The Hall–Kier alpha value is -2.67. The molecule has 1 aliphatic rings. The molecule has 2 aromatic carbocycles. The normalized spacial score (nSPS) is 13.6. The minimum atomic E-state index is -0.203. The molecule has 2 heterocycles. The molecular formula is C20H19N3O3S. The SMILES string of the molecule is CSc1nnc(CCCCCN2C(=O)c3cccc4cccc(c34)C2=O)o1. The van der Waals surface area contributed by atoms with Crippen LogP contribution in [0.25, 0.3) is 10.8 Å². The van der Waals surface area contributed by atoms with E-state index in [2.05, 4.69) is 10.2 Å². The van der Waals surface area contributed by atoms with Gasteiger partial charge in [-0.25, -0.2) is 0 Å². The van der Waals surface area contributed by atoms with Crippen molar-refractivity contribution in [3.8, 4) is 0 Å². The van der Waals surface area contributed by atoms with Gasteiger partial charge in [0, 0.05) is 29.5 Å². The molecule has 138 valence electrons. The molecule has 7 heteroatoms. The van der Waals surface area contributed by atoms with Crippen LogP contribution in [0.4, 0.5) is 0 Å². The molecule has 0 saturated carbocycles. The molecule has 0 atom stereocenters. The topological polar surface area (TPSA) is 76.3 Å². The first-order valence-electron chi connectivity index (χ1n) is 8.93. The number of benzene rings is 2. The van der Waals surface area contributed by atoms with E-state index >= 15 is 0 Å². The Morgan fingerprint density at radius 1 is 0.963 bits per heavy atom. The van der Waals surface area contributed by atoms with E-state index < -0.39 is 0 Å². The Morgan fingerprint density at radius 2 is 1.67 bits per heavy atom. The number of hydrogen-bond donors (Lipinski definition) is 0. The number of imide groups is 1. The van der Waals surface area contributed by atoms with Gasteiger partial charge in [-0.05, 0) is 36.6 Å². The highest BCUT2D eigenvalue weighted by molar-refractivity contribution is 7.98. The number of carbonyl (C=O) groups is 2. The molecule has 0 saturated heterocycles. The van der Waals surface area contributed by atoms with Gasteiger partial charge in [0.05, 0.1) is 0 Å². The van der Waals surface area contributed by atoms with Crippen LogP contribution in [0.3, 0.4) is 0 Å². The Morgan fingerprint density at radius 3 is 2.30 bits per heavy atom. The van der Waals surface area contributed by atoms with E-state index in [1.54, 1.807) is 12.1 Å². The molecule has 27 heavy (non-hydrogen) atoms. The molecule has 0 spiro atoms. The largest absolute Gasteiger partial charge is 0.416 e. The fourth-order valence-electron chi connectivity index (χ4n) is 3.43. The van der Waals surface area contributed by atoms with Crippen molar-refractivity contribution in [3.63, 3.8) is 0 Å². The van der Waals surface area contributed by atoms with E-state index in [9.17, 15) is 9.59 Å². The van der Waals surface area contributed by atoms with Crippen molar-refractivity contribution in [2.75, 3.05) is 12.8 Å². The average Bonchev–Trinajstić information content (AvgIpc) is 3.16. The lowest BCUT2D eigenvalue weighted by Crippen LogP contribution is -2.40. The van der Waals surface area contributed by atoms with E-state index in [0.29, 0.717) is 35.2 Å². The molecule has 0 radical (unpaired) electrons. The molecule has 1 aliphatic heterocycles. The number of hydrogen-bond acceptors (Lipinski definition) is 6. The van der Waals surface area contributed by atoms with Gasteiger partial charge in [0.15, 0.2) is 0 Å². The molecule has 1 aromatic heterocycles. The molecule has 0 fully saturated rings. The summed E-state index contributed by atoms with van der Waals surface area (Å²) in [6.07, 6.45) is 5.09. The predicted molar refractivity (Wildman–Crippen MR) is 103 cm³/mol. The maximum Gasteiger partial charge on any atom is 0.276 e. The van der Waals surface area contributed by atoms with E-state index in [1.807, 2.05) is 30.5 Å². The summed E-state index contributed by atoms with van der Waals surface area (Å²) in [6, 6.07) is 11.2. The summed E-state index contributed by atoms with van der Waals surface area (Å²) in [7, 11) is 0. The molecular weight excluding hydrogens is 362 g/mol. The van der Waals surface area contributed by atoms with E-state index in [4.69, 9.17) is 4.42 Å². The Kier molecular flexibility index (Phi) is 4.94. The standard InChI is InChI=1S/C20H19N3O3S/c1-27-20-22-21-16(26-20)11-3-2-4-12-23-18(24)14-9-5-7-13-8-6-10-15(17(13)14)19(23)25/h5-10H,2-4,11-12H2,1H3. The summed E-state index contributed by atoms with van der Waals surface area (Å²) in [5.74, 6) is 0.224. The summed E-state index contributed by atoms with van der Waals surface area (Å²) < 4.78 is 5.46. The average molecular weight is 381 g/mol. The highest BCUT2D eigenvalue weighted by Crippen LogP contribution is 2.30. The summed E-state index contributed by atoms with van der Waals surface area (Å²) in [6.45, 7) is 0.419. The number of nitrogens with zero attached hydrogens (tertiary/aromatic N) is 3. The molecule has 2 amide bonds. The molecule has 0 N–H and O–H groups in total. The fourth-order valence-corrected chi connectivity index (χ4v) is 3.73. The van der Waals surface area contributed by atoms with E-state index in [1.165, 1.54) is 16.7 Å². The number of amides is 2. The zero-order valence-electron chi connectivity index (χ0n) is 15.0. The van der Waals surface area contributed by atoms with Crippen molar-refractivity contribution in [1.29, 1.82) is 0 Å². The summed E-state index contributed by atoms with van der Waals surface area (Å²) in [5, 5.41) is 10.2. The lowest BCUT2D eigenvalue weighted by molar-refractivity contribution is 0.0607. The van der Waals surface area contributed by atoms with Crippen molar-refractivity contribution in [2.24, 2.45) is 0 Å². The van der Waals surface area contributed by atoms with Gasteiger partial charge in [-0.3, -0.25) is 14.5 Å². The number of aromatic nitrogens is 2. The summed E-state index contributed by atoms with van der Waals surface area (Å²) >= 11 is 1.42. The van der Waals surface area contributed by atoms with Gasteiger partial charge in [-0.1, -0.05) is 42.4 Å². The van der Waals surface area contributed by atoms with Crippen molar-refractivity contribution in [3.05, 3.63) is 53.4 Å². The highest BCUT2D eigenvalue weighted by Gasteiger charge is 2.31. The minimum absolute atomic E-state index is 0.203. The first-order chi connectivity index (χ1) is 13.2. The van der Waals surface area contributed by atoms with Crippen LogP contribution >= 0.6 is 11.8 Å². The predicted octanol–water partition coefficient (Wildman–Crippen LogP) is 3.95. The molecule has 6 nitrogen and oxygen atoms in total. The second-order valence-electron chi connectivity index (χ2n) is 6.45. The second kappa shape index (κ2) is 7.52. The van der Waals surface area contributed by atoms with Crippen molar-refractivity contribution >= 4 is 34.3 Å². The number of carbonyl (C=O) groups excluding carboxylic acids is 2. The maximum atomic E-state index is 12.8. The van der Waals surface area contributed by atoms with Gasteiger partial charge in [-0.15, -0.1) is 10.2 Å². The molecule has 4 rings (SSSR count). The first kappa shape index (κ1) is 17.7. The van der Waals surface area contributed by atoms with Gasteiger partial charge in [-0.2, -0.15) is 0 Å². The van der Waals surface area contributed by atoms with Crippen LogP contribution in [0.1, 0.15) is 45.9 Å². The zero-order valence-corrected chi connectivity index (χ0v) is 15.8. The maximum absolute atomic E-state index is 12.8. The van der Waals surface area contributed by atoms with Crippen LogP contribution in [-0.2, 0) is 6.42 Å². The summed E-state index contributed by atoms with van der Waals surface area (Å²) in [5.41, 5.74) is 1.22. The Balaban J connectivity index is 1.38. The van der Waals surface area contributed by atoms with Gasteiger partial charge in [0.1, 0.15) is 0 Å². The summed E-state index contributed by atoms with van der Waals surface area (Å²) in [4.78, 5) is 27.0. The third-order valence-electron chi connectivity index (χ3n) is 4.75. The number of rotatable bonds is 7. The van der Waals surface area contributed by atoms with Crippen LogP contribution in [0.15, 0.2) is 46.0 Å². The van der Waals surface area contributed by atoms with Crippen LogP contribution in [0.2, 0.25) is 0 Å². The first-order valence-corrected chi connectivity index (χ1v) is 10.2. The Labute approximate surface area is 160 Å². The van der Waals surface area contributed by atoms with Gasteiger partial charge in [0.2, 0.25) is 5.89 Å². The minimum Gasteiger partial charge on any atom is -0.416 e. The van der Waals surface area contributed by atoms with Gasteiger partial charge < -0.3 is 4.42 Å².